The van der Waals surface area contributed by atoms with Crippen LogP contribution in [0, 0.1) is 0 Å². The number of carbonyl (C=O) groups excluding carboxylic acids is 1. The van der Waals surface area contributed by atoms with Crippen molar-refractivity contribution < 1.29 is 14.7 Å². The number of aliphatic carboxylic acids is 1. The van der Waals surface area contributed by atoms with Gasteiger partial charge >= 0.3 is 5.97 Å². The van der Waals surface area contributed by atoms with Crippen molar-refractivity contribution in [2.45, 2.75) is 0 Å². The fourth-order valence-electron chi connectivity index (χ4n) is 1.22. The summed E-state index contributed by atoms with van der Waals surface area (Å²) in [6, 6.07) is 4.82. The maximum atomic E-state index is 11.4. The Labute approximate surface area is 95.1 Å². The van der Waals surface area contributed by atoms with Gasteiger partial charge in [0.05, 0.1) is 0 Å². The number of hydrogen-bond acceptors (Lipinski definition) is 4. The van der Waals surface area contributed by atoms with E-state index in [1.807, 2.05) is 0 Å². The molecule has 1 amide bonds. The molecule has 0 fully saturated rings. The highest BCUT2D eigenvalue weighted by Crippen LogP contribution is 2.15. The number of rotatable bonds is 3. The number of amides is 1. The Balaban J connectivity index is 2.21. The summed E-state index contributed by atoms with van der Waals surface area (Å²) >= 11 is 0. The van der Waals surface area contributed by atoms with E-state index >= 15 is 0 Å². The minimum Gasteiger partial charge on any atom is -0.478 e. The van der Waals surface area contributed by atoms with E-state index in [0.29, 0.717) is 16.7 Å². The quantitative estimate of drug-likeness (QED) is 0.406. The molecular formula is C10H8N4O3. The zero-order valence-electron chi connectivity index (χ0n) is 8.60. The van der Waals surface area contributed by atoms with E-state index in [0.717, 1.165) is 0 Å². The van der Waals surface area contributed by atoms with Gasteiger partial charge in [-0.1, -0.05) is 6.58 Å². The molecule has 7 nitrogen and oxygen atoms in total. The lowest BCUT2D eigenvalue weighted by atomic mass is 10.2. The van der Waals surface area contributed by atoms with Crippen LogP contribution < -0.4 is 5.32 Å². The fourth-order valence-corrected chi connectivity index (χ4v) is 1.22. The molecule has 1 aromatic carbocycles. The van der Waals surface area contributed by atoms with Crippen molar-refractivity contribution in [2.75, 3.05) is 5.32 Å². The second-order valence-electron chi connectivity index (χ2n) is 3.26. The van der Waals surface area contributed by atoms with Crippen LogP contribution in [0.1, 0.15) is 0 Å². The maximum absolute atomic E-state index is 11.4. The first-order valence-corrected chi connectivity index (χ1v) is 4.62. The molecule has 0 spiro atoms. The predicted octanol–water partition coefficient (Wildman–Crippen LogP) is 0.537. The molecule has 1 aromatic heterocycles. The zero-order chi connectivity index (χ0) is 12.4. The number of fused-ring (bicyclic) bond motifs is 1. The van der Waals surface area contributed by atoms with Gasteiger partial charge in [0.1, 0.15) is 16.6 Å². The lowest BCUT2D eigenvalue weighted by Crippen LogP contribution is -2.19. The molecule has 0 bridgehead atoms. The highest BCUT2D eigenvalue weighted by Gasteiger charge is 2.14. The molecule has 86 valence electrons. The van der Waals surface area contributed by atoms with E-state index in [4.69, 9.17) is 5.11 Å². The zero-order valence-corrected chi connectivity index (χ0v) is 8.60. The first-order chi connectivity index (χ1) is 8.08. The summed E-state index contributed by atoms with van der Waals surface area (Å²) in [6.07, 6.45) is 0. The first-order valence-electron chi connectivity index (χ1n) is 4.62. The van der Waals surface area contributed by atoms with E-state index < -0.39 is 17.4 Å². The molecule has 0 aliphatic rings. The summed E-state index contributed by atoms with van der Waals surface area (Å²) in [5, 5.41) is 21.1. The van der Waals surface area contributed by atoms with Crippen molar-refractivity contribution in [2.24, 2.45) is 0 Å². The molecule has 0 aliphatic carbocycles. The van der Waals surface area contributed by atoms with E-state index in [1.165, 1.54) is 0 Å². The average Bonchev–Trinajstić information content (AvgIpc) is 2.74. The summed E-state index contributed by atoms with van der Waals surface area (Å²) in [7, 11) is 0. The summed E-state index contributed by atoms with van der Waals surface area (Å²) in [4.78, 5) is 21.9. The second-order valence-corrected chi connectivity index (χ2v) is 3.26. The topological polar surface area (TPSA) is 108 Å². The van der Waals surface area contributed by atoms with Crippen LogP contribution in [0.15, 0.2) is 30.4 Å². The van der Waals surface area contributed by atoms with E-state index in [9.17, 15) is 9.59 Å². The Morgan fingerprint density at radius 2 is 2.00 bits per heavy atom. The lowest BCUT2D eigenvalue weighted by Gasteiger charge is -2.03. The third kappa shape index (κ3) is 2.12. The van der Waals surface area contributed by atoms with E-state index in [-0.39, 0.29) is 0 Å². The number of anilines is 1. The molecule has 7 heteroatoms. The number of nitrogens with one attached hydrogen (secondary N) is 2. The van der Waals surface area contributed by atoms with Crippen LogP contribution in [0.25, 0.3) is 11.0 Å². The Morgan fingerprint density at radius 3 is 2.71 bits per heavy atom. The number of nitrogens with zero attached hydrogens (tertiary/aromatic N) is 2. The predicted molar refractivity (Wildman–Crippen MR) is 59.3 cm³/mol. The average molecular weight is 232 g/mol. The number of carboxylic acids is 1. The molecule has 1 heterocycles. The molecule has 0 unspecified atom stereocenters. The summed E-state index contributed by atoms with van der Waals surface area (Å²) in [5.74, 6) is -2.12. The molecule has 3 N–H and O–H groups in total. The largest absolute Gasteiger partial charge is 0.478 e. The summed E-state index contributed by atoms with van der Waals surface area (Å²) < 4.78 is 0. The van der Waals surface area contributed by atoms with Crippen LogP contribution >= 0.6 is 0 Å². The summed E-state index contributed by atoms with van der Waals surface area (Å²) in [5.41, 5.74) is 1.13. The molecule has 0 aliphatic heterocycles. The van der Waals surface area contributed by atoms with Crippen molar-refractivity contribution in [1.82, 2.24) is 15.4 Å². The van der Waals surface area contributed by atoms with Crippen molar-refractivity contribution in [3.63, 3.8) is 0 Å². The van der Waals surface area contributed by atoms with Gasteiger partial charge in [0.25, 0.3) is 5.91 Å². The van der Waals surface area contributed by atoms with Gasteiger partial charge in [0, 0.05) is 5.69 Å². The minimum atomic E-state index is -1.36. The smallest absolute Gasteiger partial charge is 0.340 e. The number of H-pyrrole nitrogens is 1. The Kier molecular flexibility index (Phi) is 2.57. The molecule has 0 atom stereocenters. The summed E-state index contributed by atoms with van der Waals surface area (Å²) in [6.45, 7) is 3.16. The Hall–Kier alpha value is -2.70. The third-order valence-electron chi connectivity index (χ3n) is 2.11. The maximum Gasteiger partial charge on any atom is 0.340 e. The highest BCUT2D eigenvalue weighted by atomic mass is 16.4. The molecule has 0 saturated carbocycles. The van der Waals surface area contributed by atoms with Crippen molar-refractivity contribution in [3.8, 4) is 0 Å². The van der Waals surface area contributed by atoms with Gasteiger partial charge < -0.3 is 10.4 Å². The monoisotopic (exact) mass is 232 g/mol. The van der Waals surface area contributed by atoms with Crippen LogP contribution in [0.2, 0.25) is 0 Å². The molecule has 2 aromatic rings. The van der Waals surface area contributed by atoms with Gasteiger partial charge in [-0.2, -0.15) is 15.4 Å². The normalized spacial score (nSPS) is 10.1. The number of benzene rings is 1. The standard InChI is InChI=1S/C10H8N4O3/c1-5(10(16)17)9(15)11-6-2-3-7-8(4-6)13-14-12-7/h2-4H,1H2,(H,11,15)(H,16,17)(H,12,13,14). The number of carboxylic acid groups (broad SMARTS) is 1. The van der Waals surface area contributed by atoms with Crippen LogP contribution in [0.5, 0.6) is 0 Å². The third-order valence-corrected chi connectivity index (χ3v) is 2.11. The van der Waals surface area contributed by atoms with E-state index in [1.54, 1.807) is 18.2 Å². The van der Waals surface area contributed by atoms with Crippen LogP contribution in [-0.2, 0) is 9.59 Å². The minimum absolute atomic E-state index is 0.429. The van der Waals surface area contributed by atoms with Gasteiger partial charge in [-0.15, -0.1) is 0 Å². The molecule has 2 rings (SSSR count). The molecule has 0 saturated heterocycles. The Morgan fingerprint density at radius 1 is 1.29 bits per heavy atom. The van der Waals surface area contributed by atoms with Crippen molar-refractivity contribution in [3.05, 3.63) is 30.4 Å². The SMILES string of the molecule is C=C(C(=O)O)C(=O)Nc1ccc2n[nH]nc2c1. The molecule has 0 radical (unpaired) electrons. The number of carbonyl (C=O) groups is 2. The van der Waals surface area contributed by atoms with Crippen molar-refractivity contribution >= 4 is 28.6 Å². The Bertz CT molecular complexity index is 617. The fraction of sp³-hybridized carbons (Fsp3) is 0. The lowest BCUT2D eigenvalue weighted by molar-refractivity contribution is -0.134. The molecular weight excluding hydrogens is 224 g/mol. The highest BCUT2D eigenvalue weighted by molar-refractivity contribution is 6.20. The van der Waals surface area contributed by atoms with Gasteiger partial charge in [-0.25, -0.2) is 4.79 Å². The van der Waals surface area contributed by atoms with Gasteiger partial charge in [-0.05, 0) is 18.2 Å². The van der Waals surface area contributed by atoms with Crippen LogP contribution in [0.4, 0.5) is 5.69 Å². The van der Waals surface area contributed by atoms with Crippen LogP contribution in [0.3, 0.4) is 0 Å². The second kappa shape index (κ2) is 4.05. The first kappa shape index (κ1) is 10.8. The van der Waals surface area contributed by atoms with Gasteiger partial charge in [0.2, 0.25) is 0 Å². The molecule has 17 heavy (non-hydrogen) atoms. The number of hydrogen-bond donors (Lipinski definition) is 3. The van der Waals surface area contributed by atoms with Gasteiger partial charge in [-0.3, -0.25) is 4.79 Å². The van der Waals surface area contributed by atoms with Crippen LogP contribution in [-0.4, -0.2) is 32.4 Å². The number of aromatic amines is 1. The van der Waals surface area contributed by atoms with E-state index in [2.05, 4.69) is 27.3 Å². The van der Waals surface area contributed by atoms with Crippen molar-refractivity contribution in [1.29, 1.82) is 0 Å². The van der Waals surface area contributed by atoms with Gasteiger partial charge in [0.15, 0.2) is 0 Å². The number of aromatic nitrogens is 3.